The number of azo groups is 2. The third-order valence-corrected chi connectivity index (χ3v) is 10.1. The smallest absolute Gasteiger partial charge is 0.318 e. The van der Waals surface area contributed by atoms with Crippen molar-refractivity contribution >= 4 is 102 Å². The summed E-state index contributed by atoms with van der Waals surface area (Å²) in [4.78, 5) is 50.2. The van der Waals surface area contributed by atoms with Crippen LogP contribution in [-0.2, 0) is 4.79 Å². The number of hydrogen-bond donors (Lipinski definition) is 8. The number of phenols is 2. The van der Waals surface area contributed by atoms with Crippen LogP contribution in [0.2, 0.25) is 0 Å². The first kappa shape index (κ1) is 43.2. The summed E-state index contributed by atoms with van der Waals surface area (Å²) in [6.45, 7) is 1.39. The summed E-state index contributed by atoms with van der Waals surface area (Å²) in [7, 11) is 1.50. The lowest BCUT2D eigenvalue weighted by Crippen LogP contribution is -2.24. The van der Waals surface area contributed by atoms with E-state index in [9.17, 15) is 29.4 Å². The van der Waals surface area contributed by atoms with Crippen LogP contribution < -0.4 is 31.9 Å². The molecule has 0 heterocycles. The Morgan fingerprint density at radius 2 is 0.848 bits per heavy atom. The van der Waals surface area contributed by atoms with Gasteiger partial charge in [0.25, 0.3) is 11.8 Å². The van der Waals surface area contributed by atoms with E-state index in [1.54, 1.807) is 109 Å². The van der Waals surface area contributed by atoms with Gasteiger partial charge in [-0.3, -0.25) is 14.4 Å². The topological polar surface area (TPSA) is 230 Å². The fourth-order valence-electron chi connectivity index (χ4n) is 6.93. The molecule has 0 radical (unpaired) electrons. The second kappa shape index (κ2) is 19.3. The first-order valence-corrected chi connectivity index (χ1v) is 20.4. The van der Waals surface area contributed by atoms with Crippen molar-refractivity contribution in [3.63, 3.8) is 0 Å². The van der Waals surface area contributed by atoms with Gasteiger partial charge < -0.3 is 42.1 Å². The molecule has 0 atom stereocenters. The van der Waals surface area contributed by atoms with E-state index in [1.807, 2.05) is 48.5 Å². The zero-order chi connectivity index (χ0) is 46.2. The molecule has 8 aromatic rings. The summed E-state index contributed by atoms with van der Waals surface area (Å²) in [5.41, 5.74) is 4.52. The van der Waals surface area contributed by atoms with Crippen molar-refractivity contribution in [1.82, 2.24) is 5.32 Å². The molecule has 326 valence electrons. The largest absolute Gasteiger partial charge is 0.505 e. The Hall–Kier alpha value is -9.44. The predicted molar refractivity (Wildman–Crippen MR) is 257 cm³/mol. The minimum Gasteiger partial charge on any atom is -0.505 e. The number of phenolic OH excluding ortho intramolecular Hbond substituents is 2. The highest BCUT2D eigenvalue weighted by molar-refractivity contribution is 6.13. The highest BCUT2D eigenvalue weighted by atomic mass is 16.3. The van der Waals surface area contributed by atoms with Crippen LogP contribution in [0.5, 0.6) is 11.5 Å². The maximum atomic E-state index is 13.5. The van der Waals surface area contributed by atoms with E-state index in [1.165, 1.54) is 14.0 Å². The van der Waals surface area contributed by atoms with Gasteiger partial charge in [0, 0.05) is 58.9 Å². The van der Waals surface area contributed by atoms with E-state index >= 15 is 0 Å². The van der Waals surface area contributed by atoms with Crippen molar-refractivity contribution in [1.29, 1.82) is 0 Å². The lowest BCUT2D eigenvalue weighted by Gasteiger charge is -2.12. The Balaban J connectivity index is 0.949. The number of nitrogens with one attached hydrogen (secondary N) is 6. The molecule has 8 aromatic carbocycles. The number of amides is 5. The molecular formula is C50H40N10O6. The Labute approximate surface area is 377 Å². The molecule has 8 rings (SSSR count). The second-order valence-electron chi connectivity index (χ2n) is 14.8. The Bertz CT molecular complexity index is 3230. The average molecular weight is 877 g/mol. The number of aromatic hydroxyl groups is 2. The number of carbonyl (C=O) groups excluding carboxylic acids is 4. The van der Waals surface area contributed by atoms with Gasteiger partial charge in [0.1, 0.15) is 11.4 Å². The molecule has 0 saturated carbocycles. The molecule has 0 spiro atoms. The summed E-state index contributed by atoms with van der Waals surface area (Å²) in [6.07, 6.45) is 0. The number of nitrogens with zero attached hydrogens (tertiary/aromatic N) is 4. The van der Waals surface area contributed by atoms with Gasteiger partial charge in [-0.25, -0.2) is 4.79 Å². The van der Waals surface area contributed by atoms with Crippen molar-refractivity contribution in [2.24, 2.45) is 20.5 Å². The fourth-order valence-corrected chi connectivity index (χ4v) is 6.93. The molecule has 0 aromatic heterocycles. The molecular weight excluding hydrogens is 837 g/mol. The minimum atomic E-state index is -0.580. The zero-order valence-electron chi connectivity index (χ0n) is 35.3. The monoisotopic (exact) mass is 876 g/mol. The predicted octanol–water partition coefficient (Wildman–Crippen LogP) is 12.2. The van der Waals surface area contributed by atoms with Gasteiger partial charge in [-0.1, -0.05) is 60.7 Å². The minimum absolute atomic E-state index is 0.00127. The van der Waals surface area contributed by atoms with Crippen molar-refractivity contribution in [3.8, 4) is 11.5 Å². The molecule has 66 heavy (non-hydrogen) atoms. The van der Waals surface area contributed by atoms with Crippen LogP contribution in [0.15, 0.2) is 178 Å². The standard InChI is InChI=1S/C50H40N10O6/c1-29(61)52-36-11-7-12-37(27-36)54-48(64)42-25-30-9-3-5-15-40(30)44(46(42)62)59-57-34-21-17-32(18-22-34)53-33-19-23-35(24-20-33)58-60-45-41-16-6-4-10-31(41)26-43(47(45)63)49(65)55-38-13-8-14-39(28-38)56-50(66)51-2/h3-28,53,62-63H,1-2H3,(H,52,61)(H,54,64)(H,55,65)(H2,51,56,66). The quantitative estimate of drug-likeness (QED) is 0.0553. The van der Waals surface area contributed by atoms with E-state index in [2.05, 4.69) is 52.4 Å². The maximum Gasteiger partial charge on any atom is 0.318 e. The lowest BCUT2D eigenvalue weighted by molar-refractivity contribution is -0.114. The number of carbonyl (C=O) groups is 4. The number of urea groups is 1. The van der Waals surface area contributed by atoms with Crippen molar-refractivity contribution in [3.05, 3.63) is 169 Å². The van der Waals surface area contributed by atoms with Crippen LogP contribution in [0.4, 0.5) is 61.7 Å². The summed E-state index contributed by atoms with van der Waals surface area (Å²) in [5, 5.41) is 59.4. The maximum absolute atomic E-state index is 13.5. The molecule has 0 unspecified atom stereocenters. The van der Waals surface area contributed by atoms with E-state index in [0.717, 1.165) is 11.4 Å². The zero-order valence-corrected chi connectivity index (χ0v) is 35.3. The third kappa shape index (κ3) is 10.1. The molecule has 0 aliphatic carbocycles. The number of fused-ring (bicyclic) bond motifs is 2. The molecule has 0 fully saturated rings. The number of anilines is 6. The van der Waals surface area contributed by atoms with Crippen LogP contribution in [0, 0.1) is 0 Å². The summed E-state index contributed by atoms with van der Waals surface area (Å²) >= 11 is 0. The Morgan fingerprint density at radius 3 is 1.27 bits per heavy atom. The molecule has 5 amide bonds. The molecule has 16 nitrogen and oxygen atoms in total. The van der Waals surface area contributed by atoms with Crippen LogP contribution in [0.25, 0.3) is 21.5 Å². The number of rotatable bonds is 12. The summed E-state index contributed by atoms with van der Waals surface area (Å²) < 4.78 is 0. The van der Waals surface area contributed by atoms with Gasteiger partial charge in [0.05, 0.1) is 22.5 Å². The normalized spacial score (nSPS) is 11.1. The van der Waals surface area contributed by atoms with Crippen LogP contribution in [0.3, 0.4) is 0 Å². The molecule has 0 bridgehead atoms. The van der Waals surface area contributed by atoms with E-state index < -0.39 is 17.8 Å². The van der Waals surface area contributed by atoms with E-state index in [0.29, 0.717) is 55.7 Å². The fraction of sp³-hybridized carbons (Fsp3) is 0.0400. The highest BCUT2D eigenvalue weighted by Crippen LogP contribution is 2.41. The van der Waals surface area contributed by atoms with Gasteiger partial charge >= 0.3 is 6.03 Å². The molecule has 0 saturated heterocycles. The van der Waals surface area contributed by atoms with Gasteiger partial charge in [-0.15, -0.1) is 10.2 Å². The van der Waals surface area contributed by atoms with Crippen LogP contribution in [-0.4, -0.2) is 41.0 Å². The average Bonchev–Trinajstić information content (AvgIpc) is 3.31. The van der Waals surface area contributed by atoms with Gasteiger partial charge in [-0.2, -0.15) is 10.2 Å². The van der Waals surface area contributed by atoms with Gasteiger partial charge in [0.15, 0.2) is 11.5 Å². The van der Waals surface area contributed by atoms with Crippen LogP contribution in [0.1, 0.15) is 27.6 Å². The Morgan fingerprint density at radius 1 is 0.439 bits per heavy atom. The van der Waals surface area contributed by atoms with Crippen molar-refractivity contribution in [2.45, 2.75) is 6.92 Å². The van der Waals surface area contributed by atoms with Crippen LogP contribution >= 0.6 is 0 Å². The summed E-state index contributed by atoms with van der Waals surface area (Å²) in [5.74, 6) is -2.09. The first-order valence-electron chi connectivity index (χ1n) is 20.4. The van der Waals surface area contributed by atoms with Gasteiger partial charge in [-0.05, 0) is 108 Å². The Kier molecular flexibility index (Phi) is 12.6. The van der Waals surface area contributed by atoms with Crippen molar-refractivity contribution < 1.29 is 29.4 Å². The lowest BCUT2D eigenvalue weighted by atomic mass is 10.0. The SMILES string of the molecule is CNC(=O)Nc1cccc(NC(=O)c2cc3ccccc3c(N=Nc3ccc(Nc4ccc(N=Nc5c(O)c(C(=O)Nc6cccc(NC(C)=O)c6)cc6ccccc56)cc4)cc3)c2O)c1. The molecule has 0 aliphatic heterocycles. The molecule has 0 aliphatic rings. The van der Waals surface area contributed by atoms with E-state index in [-0.39, 0.29) is 39.9 Å². The van der Waals surface area contributed by atoms with Crippen molar-refractivity contribution in [2.75, 3.05) is 33.6 Å². The highest BCUT2D eigenvalue weighted by Gasteiger charge is 2.21. The summed E-state index contributed by atoms with van der Waals surface area (Å²) in [6, 6.07) is 44.7. The first-order chi connectivity index (χ1) is 32.0. The molecule has 16 heteroatoms. The second-order valence-corrected chi connectivity index (χ2v) is 14.8. The van der Waals surface area contributed by atoms with Gasteiger partial charge in [0.2, 0.25) is 5.91 Å². The number of benzene rings is 8. The number of hydrogen-bond acceptors (Lipinski definition) is 11. The molecule has 8 N–H and O–H groups in total. The third-order valence-electron chi connectivity index (χ3n) is 10.1. The van der Waals surface area contributed by atoms with E-state index in [4.69, 9.17) is 0 Å².